The molecule has 1 N–H and O–H groups in total. The van der Waals surface area contributed by atoms with Gasteiger partial charge in [0.05, 0.1) is 20.8 Å². The average Bonchev–Trinajstić information content (AvgIpc) is 2.82. The molecule has 0 saturated heterocycles. The zero-order valence-corrected chi connectivity index (χ0v) is 13.9. The number of thiophene rings is 1. The van der Waals surface area contributed by atoms with E-state index in [4.69, 9.17) is 0 Å². The number of non-ortho nitro benzene ring substituents is 1. The number of nitro groups is 1. The first-order valence-electron chi connectivity index (χ1n) is 5.43. The van der Waals surface area contributed by atoms with Crippen LogP contribution < -0.4 is 5.32 Å². The van der Waals surface area contributed by atoms with Crippen LogP contribution in [0.3, 0.4) is 0 Å². The number of nitro benzene ring substituents is 1. The molecule has 0 aliphatic rings. The van der Waals surface area contributed by atoms with Gasteiger partial charge < -0.3 is 5.32 Å². The summed E-state index contributed by atoms with van der Waals surface area (Å²) in [7, 11) is 0. The third-order valence-corrected chi connectivity index (χ3v) is 4.77. The first kappa shape index (κ1) is 15.1. The van der Waals surface area contributed by atoms with Gasteiger partial charge in [0, 0.05) is 21.5 Å². The summed E-state index contributed by atoms with van der Waals surface area (Å²) in [4.78, 5) is 23.2. The van der Waals surface area contributed by atoms with Crippen LogP contribution in [0, 0.1) is 10.1 Å². The van der Waals surface area contributed by atoms with Crippen molar-refractivity contribution in [2.24, 2.45) is 0 Å². The van der Waals surface area contributed by atoms with Crippen LogP contribution >= 0.6 is 43.2 Å². The van der Waals surface area contributed by atoms with Crippen molar-refractivity contribution in [2.75, 3.05) is 0 Å². The molecule has 0 aliphatic heterocycles. The van der Waals surface area contributed by atoms with E-state index in [1.165, 1.54) is 29.5 Å². The van der Waals surface area contributed by atoms with Crippen LogP contribution in [-0.2, 0) is 6.54 Å². The molecule has 0 atom stereocenters. The summed E-state index contributed by atoms with van der Waals surface area (Å²) in [5.41, 5.74) is 0.132. The number of rotatable bonds is 4. The minimum Gasteiger partial charge on any atom is -0.347 e. The standard InChI is InChI=1S/C12H8Br2N2O3S/c13-10-3-1-7(16(18)19)5-9(10)12(17)15-6-8-2-4-11(14)20-8/h1-5H,6H2,(H,15,17). The van der Waals surface area contributed by atoms with Gasteiger partial charge in [-0.2, -0.15) is 0 Å². The molecule has 1 aromatic carbocycles. The number of halogens is 2. The summed E-state index contributed by atoms with van der Waals surface area (Å²) in [6, 6.07) is 7.89. The molecule has 1 aromatic heterocycles. The van der Waals surface area contributed by atoms with Crippen LogP contribution in [0.25, 0.3) is 0 Å². The number of nitrogens with zero attached hydrogens (tertiary/aromatic N) is 1. The van der Waals surface area contributed by atoms with Crippen LogP contribution in [-0.4, -0.2) is 10.8 Å². The van der Waals surface area contributed by atoms with Gasteiger partial charge in [0.15, 0.2) is 0 Å². The summed E-state index contributed by atoms with van der Waals surface area (Å²) < 4.78 is 1.51. The lowest BCUT2D eigenvalue weighted by atomic mass is 10.2. The molecule has 104 valence electrons. The van der Waals surface area contributed by atoms with Gasteiger partial charge in [-0.3, -0.25) is 14.9 Å². The Labute approximate surface area is 135 Å². The van der Waals surface area contributed by atoms with Crippen molar-refractivity contribution in [3.63, 3.8) is 0 Å². The van der Waals surface area contributed by atoms with Crippen LogP contribution in [0.15, 0.2) is 38.6 Å². The number of amides is 1. The predicted octanol–water partition coefficient (Wildman–Crippen LogP) is 4.11. The van der Waals surface area contributed by atoms with Crippen molar-refractivity contribution in [3.8, 4) is 0 Å². The lowest BCUT2D eigenvalue weighted by Gasteiger charge is -2.05. The molecular formula is C12H8Br2N2O3S. The summed E-state index contributed by atoms with van der Waals surface area (Å²) in [6.07, 6.45) is 0. The minimum atomic E-state index is -0.528. The zero-order valence-electron chi connectivity index (χ0n) is 9.93. The van der Waals surface area contributed by atoms with Crippen molar-refractivity contribution in [1.82, 2.24) is 5.32 Å². The number of carbonyl (C=O) groups is 1. The summed E-state index contributed by atoms with van der Waals surface area (Å²) in [6.45, 7) is 0.379. The van der Waals surface area contributed by atoms with Crippen molar-refractivity contribution in [2.45, 2.75) is 6.54 Å². The Bertz CT molecular complexity index is 672. The Morgan fingerprint density at radius 2 is 2.05 bits per heavy atom. The Morgan fingerprint density at radius 1 is 1.30 bits per heavy atom. The van der Waals surface area contributed by atoms with E-state index in [1.807, 2.05) is 12.1 Å². The number of hydrogen-bond donors (Lipinski definition) is 1. The van der Waals surface area contributed by atoms with Gasteiger partial charge in [0.1, 0.15) is 0 Å². The van der Waals surface area contributed by atoms with Crippen LogP contribution in [0.2, 0.25) is 0 Å². The smallest absolute Gasteiger partial charge is 0.270 e. The van der Waals surface area contributed by atoms with Crippen molar-refractivity contribution in [1.29, 1.82) is 0 Å². The molecule has 2 aromatic rings. The lowest BCUT2D eigenvalue weighted by Crippen LogP contribution is -2.22. The highest BCUT2D eigenvalue weighted by Gasteiger charge is 2.15. The fourth-order valence-electron chi connectivity index (χ4n) is 1.51. The molecule has 2 rings (SSSR count). The second-order valence-electron chi connectivity index (χ2n) is 3.81. The fraction of sp³-hybridized carbons (Fsp3) is 0.0833. The van der Waals surface area contributed by atoms with E-state index in [-0.39, 0.29) is 17.2 Å². The topological polar surface area (TPSA) is 72.2 Å². The normalized spacial score (nSPS) is 10.3. The molecule has 0 aliphatic carbocycles. The fourth-order valence-corrected chi connectivity index (χ4v) is 3.36. The van der Waals surface area contributed by atoms with E-state index in [1.54, 1.807) is 0 Å². The Balaban J connectivity index is 2.12. The van der Waals surface area contributed by atoms with Crippen molar-refractivity contribution < 1.29 is 9.72 Å². The van der Waals surface area contributed by atoms with Crippen LogP contribution in [0.4, 0.5) is 5.69 Å². The maximum atomic E-state index is 12.0. The molecule has 0 spiro atoms. The Morgan fingerprint density at radius 3 is 2.65 bits per heavy atom. The van der Waals surface area contributed by atoms with E-state index in [0.717, 1.165) is 8.66 Å². The van der Waals surface area contributed by atoms with Gasteiger partial charge >= 0.3 is 0 Å². The minimum absolute atomic E-state index is 0.114. The van der Waals surface area contributed by atoms with Gasteiger partial charge in [0.2, 0.25) is 0 Å². The molecule has 0 fully saturated rings. The van der Waals surface area contributed by atoms with E-state index < -0.39 is 4.92 Å². The average molecular weight is 420 g/mol. The molecule has 5 nitrogen and oxygen atoms in total. The molecule has 1 heterocycles. The van der Waals surface area contributed by atoms with Gasteiger partial charge in [0.25, 0.3) is 11.6 Å². The van der Waals surface area contributed by atoms with Gasteiger partial charge in [-0.1, -0.05) is 0 Å². The molecule has 8 heteroatoms. The van der Waals surface area contributed by atoms with E-state index >= 15 is 0 Å². The first-order valence-corrected chi connectivity index (χ1v) is 7.84. The molecule has 0 unspecified atom stereocenters. The van der Waals surface area contributed by atoms with Crippen molar-refractivity contribution in [3.05, 3.63) is 59.1 Å². The summed E-state index contributed by atoms with van der Waals surface area (Å²) in [5, 5.41) is 13.5. The molecule has 0 bridgehead atoms. The maximum Gasteiger partial charge on any atom is 0.270 e. The summed E-state index contributed by atoms with van der Waals surface area (Å²) >= 11 is 8.09. The lowest BCUT2D eigenvalue weighted by molar-refractivity contribution is -0.384. The largest absolute Gasteiger partial charge is 0.347 e. The summed E-state index contributed by atoms with van der Waals surface area (Å²) in [5.74, 6) is -0.356. The number of benzene rings is 1. The van der Waals surface area contributed by atoms with E-state index in [2.05, 4.69) is 37.2 Å². The van der Waals surface area contributed by atoms with E-state index in [9.17, 15) is 14.9 Å². The van der Waals surface area contributed by atoms with Crippen molar-refractivity contribution >= 4 is 54.8 Å². The Hall–Kier alpha value is -1.25. The van der Waals surface area contributed by atoms with Gasteiger partial charge in [-0.15, -0.1) is 11.3 Å². The second-order valence-corrected chi connectivity index (χ2v) is 7.21. The monoisotopic (exact) mass is 418 g/mol. The number of nitrogens with one attached hydrogen (secondary N) is 1. The molecule has 20 heavy (non-hydrogen) atoms. The molecule has 0 saturated carbocycles. The number of carbonyl (C=O) groups excluding carboxylic acids is 1. The highest BCUT2D eigenvalue weighted by molar-refractivity contribution is 9.11. The predicted molar refractivity (Wildman–Crippen MR) is 84.0 cm³/mol. The van der Waals surface area contributed by atoms with E-state index in [0.29, 0.717) is 11.0 Å². The zero-order chi connectivity index (χ0) is 14.7. The van der Waals surface area contributed by atoms with Gasteiger partial charge in [-0.05, 0) is 50.1 Å². The maximum absolute atomic E-state index is 12.0. The first-order chi connectivity index (χ1) is 9.47. The van der Waals surface area contributed by atoms with Gasteiger partial charge in [-0.25, -0.2) is 0 Å². The quantitative estimate of drug-likeness (QED) is 0.598. The highest BCUT2D eigenvalue weighted by Crippen LogP contribution is 2.24. The molecular weight excluding hydrogens is 412 g/mol. The number of hydrogen-bond acceptors (Lipinski definition) is 4. The van der Waals surface area contributed by atoms with Crippen LogP contribution in [0.1, 0.15) is 15.2 Å². The third kappa shape index (κ3) is 3.65. The molecule has 1 amide bonds. The molecule has 0 radical (unpaired) electrons. The van der Waals surface area contributed by atoms with Crippen LogP contribution in [0.5, 0.6) is 0 Å². The highest BCUT2D eigenvalue weighted by atomic mass is 79.9. The Kier molecular flexibility index (Phi) is 4.90. The third-order valence-electron chi connectivity index (χ3n) is 2.46. The SMILES string of the molecule is O=C(NCc1ccc(Br)s1)c1cc([N+](=O)[O-])ccc1Br. The second kappa shape index (κ2) is 6.47.